The van der Waals surface area contributed by atoms with Crippen molar-refractivity contribution in [1.29, 1.82) is 5.41 Å². The van der Waals surface area contributed by atoms with Crippen LogP contribution in [0.15, 0.2) is 0 Å². The Morgan fingerprint density at radius 1 is 1.17 bits per heavy atom. The Morgan fingerprint density at radius 2 is 1.33 bits per heavy atom. The molecule has 0 aliphatic carbocycles. The van der Waals surface area contributed by atoms with E-state index >= 15 is 0 Å². The Labute approximate surface area is 88.6 Å². The van der Waals surface area contributed by atoms with Gasteiger partial charge in [-0.15, -0.1) is 0 Å². The second kappa shape index (κ2) is 6.03. The molecule has 0 aromatic heterocycles. The maximum atomic E-state index is 6.33. The van der Waals surface area contributed by atoms with Gasteiger partial charge in [-0.25, -0.2) is 0 Å². The van der Waals surface area contributed by atoms with Gasteiger partial charge in [0.25, 0.3) is 0 Å². The molecule has 74 valence electrons. The molecule has 0 saturated carbocycles. The summed E-state index contributed by atoms with van der Waals surface area (Å²) < 4.78 is 3.44. The second-order valence-electron chi connectivity index (χ2n) is 3.00. The molecule has 0 aliphatic rings. The zero-order valence-electron chi connectivity index (χ0n) is 7.62. The van der Waals surface area contributed by atoms with Gasteiger partial charge in [0.2, 0.25) is 3.79 Å². The molecule has 12 heavy (non-hydrogen) atoms. The first-order valence-corrected chi connectivity index (χ1v) is 4.39. The van der Waals surface area contributed by atoms with Gasteiger partial charge in [0, 0.05) is 13.3 Å². The minimum atomic E-state index is -1.50. The van der Waals surface area contributed by atoms with E-state index in [-0.39, 0.29) is 5.60 Å². The van der Waals surface area contributed by atoms with Gasteiger partial charge < -0.3 is 10.1 Å². The SMILES string of the molecule is COC(C)(C)C.N=CC(Cl)(Cl)Cl. The number of nitrogens with one attached hydrogen (secondary N) is 1. The molecule has 0 unspecified atom stereocenters. The number of hydrogen-bond donors (Lipinski definition) is 1. The van der Waals surface area contributed by atoms with Gasteiger partial charge in [-0.05, 0) is 20.8 Å². The molecule has 0 radical (unpaired) electrons. The quantitative estimate of drug-likeness (QED) is 0.505. The van der Waals surface area contributed by atoms with Gasteiger partial charge in [0.05, 0.1) is 5.60 Å². The molecule has 0 aromatic carbocycles. The minimum Gasteiger partial charge on any atom is -0.379 e. The van der Waals surface area contributed by atoms with Gasteiger partial charge in [-0.1, -0.05) is 34.8 Å². The fourth-order valence-electron chi connectivity index (χ4n) is 0. The highest BCUT2D eigenvalue weighted by molar-refractivity contribution is 6.74. The first-order valence-electron chi connectivity index (χ1n) is 3.26. The van der Waals surface area contributed by atoms with Crippen LogP contribution < -0.4 is 0 Å². The van der Waals surface area contributed by atoms with E-state index in [2.05, 4.69) is 0 Å². The number of hydrogen-bond acceptors (Lipinski definition) is 2. The van der Waals surface area contributed by atoms with E-state index in [1.165, 1.54) is 0 Å². The minimum absolute atomic E-state index is 0.0417. The van der Waals surface area contributed by atoms with Crippen molar-refractivity contribution in [2.75, 3.05) is 7.11 Å². The first-order chi connectivity index (χ1) is 5.12. The molecule has 1 N–H and O–H groups in total. The smallest absolute Gasteiger partial charge is 0.225 e. The van der Waals surface area contributed by atoms with Crippen molar-refractivity contribution < 1.29 is 4.74 Å². The van der Waals surface area contributed by atoms with E-state index in [9.17, 15) is 0 Å². The summed E-state index contributed by atoms with van der Waals surface area (Å²) in [7, 11) is 1.71. The predicted molar refractivity (Wildman–Crippen MR) is 55.8 cm³/mol. The van der Waals surface area contributed by atoms with Gasteiger partial charge in [-0.2, -0.15) is 0 Å². The Hall–Kier alpha value is 0.500. The summed E-state index contributed by atoms with van der Waals surface area (Å²) in [5, 5.41) is 6.33. The molecule has 2 nitrogen and oxygen atoms in total. The zero-order chi connectivity index (χ0) is 10.4. The Balaban J connectivity index is 0. The van der Waals surface area contributed by atoms with Crippen LogP contribution in [-0.4, -0.2) is 22.7 Å². The van der Waals surface area contributed by atoms with E-state index < -0.39 is 3.79 Å². The molecule has 0 bridgehead atoms. The highest BCUT2D eigenvalue weighted by Gasteiger charge is 2.12. The summed E-state index contributed by atoms with van der Waals surface area (Å²) in [5.74, 6) is 0. The van der Waals surface area contributed by atoms with Crippen LogP contribution in [0.4, 0.5) is 0 Å². The van der Waals surface area contributed by atoms with Gasteiger partial charge in [0.1, 0.15) is 0 Å². The van der Waals surface area contributed by atoms with Crippen LogP contribution in [0.3, 0.4) is 0 Å². The summed E-state index contributed by atoms with van der Waals surface area (Å²) in [4.78, 5) is 0. The van der Waals surface area contributed by atoms with E-state index in [4.69, 9.17) is 44.9 Å². The lowest BCUT2D eigenvalue weighted by molar-refractivity contribution is 0.0397. The van der Waals surface area contributed by atoms with Crippen LogP contribution in [0, 0.1) is 5.41 Å². The predicted octanol–water partition coefficient (Wildman–Crippen LogP) is 3.44. The summed E-state index contributed by atoms with van der Waals surface area (Å²) in [5.41, 5.74) is 0.0417. The van der Waals surface area contributed by atoms with Gasteiger partial charge in [0.15, 0.2) is 0 Å². The standard InChI is InChI=1S/C5H12O.C2H2Cl3N/c1-5(2,3)6-4;3-2(4,5)1-6/h1-4H3;1,6H. The molecule has 0 amide bonds. The highest BCUT2D eigenvalue weighted by atomic mass is 35.6. The number of halogens is 3. The third-order valence-corrected chi connectivity index (χ3v) is 1.10. The van der Waals surface area contributed by atoms with Gasteiger partial charge >= 0.3 is 0 Å². The Bertz CT molecular complexity index is 126. The maximum absolute atomic E-state index is 6.33. The molecule has 0 atom stereocenters. The molecule has 0 aromatic rings. The summed E-state index contributed by atoms with van der Waals surface area (Å²) in [6.07, 6.45) is 0.734. The normalized spacial score (nSPS) is 11.6. The zero-order valence-corrected chi connectivity index (χ0v) is 9.89. The Kier molecular flexibility index (Phi) is 7.54. The average molecular weight is 235 g/mol. The summed E-state index contributed by atoms with van der Waals surface area (Å²) >= 11 is 15.0. The van der Waals surface area contributed by atoms with Crippen LogP contribution >= 0.6 is 34.8 Å². The van der Waals surface area contributed by atoms with E-state index in [1.807, 2.05) is 20.8 Å². The van der Waals surface area contributed by atoms with E-state index in [0.717, 1.165) is 6.21 Å². The fraction of sp³-hybridized carbons (Fsp3) is 0.857. The van der Waals surface area contributed by atoms with Crippen molar-refractivity contribution in [3.05, 3.63) is 0 Å². The van der Waals surface area contributed by atoms with Crippen LogP contribution in [0.1, 0.15) is 20.8 Å². The van der Waals surface area contributed by atoms with Crippen molar-refractivity contribution >= 4 is 41.0 Å². The third-order valence-electron chi connectivity index (χ3n) is 0.776. The number of ether oxygens (including phenoxy) is 1. The number of rotatable bonds is 0. The fourth-order valence-corrected chi connectivity index (χ4v) is 0. The molecular formula is C7H14Cl3NO. The lowest BCUT2D eigenvalue weighted by atomic mass is 10.2. The average Bonchev–Trinajstić information content (AvgIpc) is 1.86. The number of methoxy groups -OCH3 is 1. The van der Waals surface area contributed by atoms with Crippen LogP contribution in [0.25, 0.3) is 0 Å². The molecular weight excluding hydrogens is 220 g/mol. The maximum Gasteiger partial charge on any atom is 0.225 e. The van der Waals surface area contributed by atoms with Crippen molar-refractivity contribution in [2.24, 2.45) is 0 Å². The highest BCUT2D eigenvalue weighted by Crippen LogP contribution is 2.21. The third kappa shape index (κ3) is 22.4. The van der Waals surface area contributed by atoms with Crippen LogP contribution in [0.2, 0.25) is 0 Å². The lowest BCUT2D eigenvalue weighted by Crippen LogP contribution is -2.15. The Morgan fingerprint density at radius 3 is 1.33 bits per heavy atom. The topological polar surface area (TPSA) is 33.1 Å². The van der Waals surface area contributed by atoms with Gasteiger partial charge in [-0.3, -0.25) is 0 Å². The van der Waals surface area contributed by atoms with E-state index in [1.54, 1.807) is 7.11 Å². The van der Waals surface area contributed by atoms with E-state index in [0.29, 0.717) is 0 Å². The molecule has 0 aliphatic heterocycles. The van der Waals surface area contributed by atoms with Crippen LogP contribution in [0.5, 0.6) is 0 Å². The largest absolute Gasteiger partial charge is 0.379 e. The molecule has 5 heteroatoms. The summed E-state index contributed by atoms with van der Waals surface area (Å²) in [6.45, 7) is 6.06. The summed E-state index contributed by atoms with van der Waals surface area (Å²) in [6, 6.07) is 0. The molecule has 0 saturated heterocycles. The lowest BCUT2D eigenvalue weighted by Gasteiger charge is -2.14. The van der Waals surface area contributed by atoms with Crippen molar-refractivity contribution in [3.63, 3.8) is 0 Å². The van der Waals surface area contributed by atoms with Crippen molar-refractivity contribution in [1.82, 2.24) is 0 Å². The molecule has 0 rings (SSSR count). The first kappa shape index (κ1) is 15.0. The molecule has 0 spiro atoms. The monoisotopic (exact) mass is 233 g/mol. The molecule has 0 heterocycles. The van der Waals surface area contributed by atoms with Crippen molar-refractivity contribution in [3.8, 4) is 0 Å². The molecule has 0 fully saturated rings. The van der Waals surface area contributed by atoms with Crippen molar-refractivity contribution in [2.45, 2.75) is 30.2 Å². The van der Waals surface area contributed by atoms with Crippen LogP contribution in [-0.2, 0) is 4.74 Å². The second-order valence-corrected chi connectivity index (χ2v) is 5.37. The number of alkyl halides is 3.